The normalized spacial score (nSPS) is 22.4. The van der Waals surface area contributed by atoms with Crippen molar-refractivity contribution in [1.29, 1.82) is 0 Å². The zero-order valence-electron chi connectivity index (χ0n) is 12.8. The predicted molar refractivity (Wildman–Crippen MR) is 82.0 cm³/mol. The van der Waals surface area contributed by atoms with Crippen LogP contribution in [0.1, 0.15) is 55.8 Å². The minimum Gasteiger partial charge on any atom is -0.465 e. The molecule has 0 saturated heterocycles. The highest BCUT2D eigenvalue weighted by atomic mass is 19.1. The number of hydrogen-bond acceptors (Lipinski definition) is 3. The minimum atomic E-state index is -0.636. The van der Waals surface area contributed by atoms with Crippen LogP contribution in [-0.4, -0.2) is 19.1 Å². The topological polar surface area (TPSA) is 38.3 Å². The number of carbonyl (C=O) groups is 1. The van der Waals surface area contributed by atoms with Crippen molar-refractivity contribution in [3.63, 3.8) is 0 Å². The Morgan fingerprint density at radius 1 is 1.33 bits per heavy atom. The highest BCUT2D eigenvalue weighted by molar-refractivity contribution is 5.90. The van der Waals surface area contributed by atoms with Crippen LogP contribution in [0.3, 0.4) is 0 Å². The van der Waals surface area contributed by atoms with Gasteiger partial charge in [0.1, 0.15) is 5.82 Å². The Kier molecular flexibility index (Phi) is 5.59. The van der Waals surface area contributed by atoms with Crippen LogP contribution in [0.15, 0.2) is 18.2 Å². The number of halogens is 1. The van der Waals surface area contributed by atoms with Gasteiger partial charge in [-0.25, -0.2) is 9.18 Å². The number of esters is 1. The van der Waals surface area contributed by atoms with E-state index in [0.717, 1.165) is 24.4 Å². The fourth-order valence-electron chi connectivity index (χ4n) is 3.05. The lowest BCUT2D eigenvalue weighted by Gasteiger charge is -2.18. The van der Waals surface area contributed by atoms with Gasteiger partial charge in [-0.05, 0) is 43.4 Å². The van der Waals surface area contributed by atoms with E-state index in [-0.39, 0.29) is 5.56 Å². The van der Waals surface area contributed by atoms with Crippen molar-refractivity contribution >= 4 is 11.7 Å². The molecule has 1 aliphatic carbocycles. The third kappa shape index (κ3) is 4.19. The number of carbonyl (C=O) groups excluding carboxylic acids is 1. The molecule has 2 unspecified atom stereocenters. The number of anilines is 1. The van der Waals surface area contributed by atoms with Crippen LogP contribution in [-0.2, 0) is 4.74 Å². The molecule has 0 heterocycles. The molecule has 3 nitrogen and oxygen atoms in total. The fourth-order valence-corrected chi connectivity index (χ4v) is 3.05. The van der Waals surface area contributed by atoms with Gasteiger partial charge >= 0.3 is 5.97 Å². The van der Waals surface area contributed by atoms with E-state index in [0.29, 0.717) is 6.04 Å². The summed E-state index contributed by atoms with van der Waals surface area (Å²) < 4.78 is 18.2. The third-order valence-corrected chi connectivity index (χ3v) is 4.41. The maximum absolute atomic E-state index is 13.6. The van der Waals surface area contributed by atoms with Crippen molar-refractivity contribution in [3.8, 4) is 0 Å². The Morgan fingerprint density at radius 3 is 2.86 bits per heavy atom. The summed E-state index contributed by atoms with van der Waals surface area (Å²) >= 11 is 0. The molecule has 1 aliphatic rings. The third-order valence-electron chi connectivity index (χ3n) is 4.41. The molecule has 4 heteroatoms. The first-order chi connectivity index (χ1) is 10.1. The van der Waals surface area contributed by atoms with Crippen molar-refractivity contribution in [2.24, 2.45) is 5.92 Å². The second-order valence-electron chi connectivity index (χ2n) is 5.81. The van der Waals surface area contributed by atoms with Gasteiger partial charge in [0.05, 0.1) is 12.7 Å². The quantitative estimate of drug-likeness (QED) is 0.661. The van der Waals surface area contributed by atoms with E-state index in [2.05, 4.69) is 17.0 Å². The summed E-state index contributed by atoms with van der Waals surface area (Å²) in [5.74, 6) is -0.349. The van der Waals surface area contributed by atoms with Crippen molar-refractivity contribution in [2.75, 3.05) is 12.4 Å². The van der Waals surface area contributed by atoms with Gasteiger partial charge in [0.2, 0.25) is 0 Å². The monoisotopic (exact) mass is 293 g/mol. The number of ether oxygens (including phenoxy) is 1. The van der Waals surface area contributed by atoms with Gasteiger partial charge in [-0.2, -0.15) is 0 Å². The van der Waals surface area contributed by atoms with Gasteiger partial charge in [0.25, 0.3) is 0 Å². The first-order valence-electron chi connectivity index (χ1n) is 7.78. The first kappa shape index (κ1) is 15.8. The van der Waals surface area contributed by atoms with E-state index in [1.165, 1.54) is 38.9 Å². The summed E-state index contributed by atoms with van der Waals surface area (Å²) in [4.78, 5) is 11.5. The maximum Gasteiger partial charge on any atom is 0.340 e. The van der Waals surface area contributed by atoms with E-state index in [9.17, 15) is 9.18 Å². The molecule has 0 spiro atoms. The lowest BCUT2D eigenvalue weighted by atomic mass is 9.98. The molecule has 1 fully saturated rings. The Labute approximate surface area is 125 Å². The van der Waals surface area contributed by atoms with Crippen molar-refractivity contribution in [3.05, 3.63) is 29.6 Å². The number of hydrogen-bond donors (Lipinski definition) is 1. The van der Waals surface area contributed by atoms with Crippen LogP contribution in [0.2, 0.25) is 0 Å². The molecule has 0 amide bonds. The Balaban J connectivity index is 2.04. The zero-order valence-corrected chi connectivity index (χ0v) is 12.8. The van der Waals surface area contributed by atoms with Crippen LogP contribution in [0.5, 0.6) is 0 Å². The summed E-state index contributed by atoms with van der Waals surface area (Å²) in [6.07, 6.45) is 7.26. The molecule has 1 aromatic carbocycles. The molecular weight excluding hydrogens is 269 g/mol. The maximum atomic E-state index is 13.6. The second kappa shape index (κ2) is 7.43. The van der Waals surface area contributed by atoms with E-state index in [1.54, 1.807) is 12.1 Å². The van der Waals surface area contributed by atoms with Crippen LogP contribution < -0.4 is 5.32 Å². The highest BCUT2D eigenvalue weighted by Gasteiger charge is 2.19. The number of nitrogens with one attached hydrogen (secondary N) is 1. The molecule has 1 saturated carbocycles. The summed E-state index contributed by atoms with van der Waals surface area (Å²) in [7, 11) is 1.26. The molecule has 21 heavy (non-hydrogen) atoms. The smallest absolute Gasteiger partial charge is 0.340 e. The molecule has 0 radical (unpaired) electrons. The first-order valence-corrected chi connectivity index (χ1v) is 7.78. The van der Waals surface area contributed by atoms with Crippen molar-refractivity contribution in [1.82, 2.24) is 0 Å². The average molecular weight is 293 g/mol. The van der Waals surface area contributed by atoms with Gasteiger partial charge in [0, 0.05) is 11.7 Å². The Bertz CT molecular complexity index is 490. The van der Waals surface area contributed by atoms with Crippen LogP contribution >= 0.6 is 0 Å². The summed E-state index contributed by atoms with van der Waals surface area (Å²) in [6.45, 7) is 2.25. The average Bonchev–Trinajstić information content (AvgIpc) is 2.73. The van der Waals surface area contributed by atoms with Crippen LogP contribution in [0.25, 0.3) is 0 Å². The van der Waals surface area contributed by atoms with Gasteiger partial charge < -0.3 is 10.1 Å². The zero-order chi connectivity index (χ0) is 15.2. The molecule has 1 aromatic rings. The second-order valence-corrected chi connectivity index (χ2v) is 5.81. The molecule has 0 aliphatic heterocycles. The fraction of sp³-hybridized carbons (Fsp3) is 0.588. The van der Waals surface area contributed by atoms with E-state index in [4.69, 9.17) is 0 Å². The van der Waals surface area contributed by atoms with E-state index in [1.807, 2.05) is 0 Å². The molecular formula is C17H24FNO2. The molecule has 0 bridgehead atoms. The van der Waals surface area contributed by atoms with Crippen LogP contribution in [0.4, 0.5) is 10.1 Å². The summed E-state index contributed by atoms with van der Waals surface area (Å²) in [5, 5.41) is 3.44. The highest BCUT2D eigenvalue weighted by Crippen LogP contribution is 2.27. The van der Waals surface area contributed by atoms with Crippen LogP contribution in [0, 0.1) is 11.7 Å². The van der Waals surface area contributed by atoms with Gasteiger partial charge in [-0.15, -0.1) is 0 Å². The molecule has 0 aromatic heterocycles. The SMILES string of the molecule is CCC1CCCC(Nc2ccc(F)c(C(=O)OC)c2)CC1. The summed E-state index contributed by atoms with van der Waals surface area (Å²) in [5.41, 5.74) is 0.777. The summed E-state index contributed by atoms with van der Waals surface area (Å²) in [6, 6.07) is 4.95. The lowest BCUT2D eigenvalue weighted by Crippen LogP contribution is -2.19. The standard InChI is InChI=1S/C17H24FNO2/c1-3-12-5-4-6-13(8-7-12)19-14-9-10-16(18)15(11-14)17(20)21-2/h9-13,19H,3-8H2,1-2H3. The lowest BCUT2D eigenvalue weighted by molar-refractivity contribution is 0.0595. The molecule has 1 N–H and O–H groups in total. The predicted octanol–water partition coefficient (Wildman–Crippen LogP) is 4.38. The number of rotatable bonds is 4. The molecule has 2 atom stereocenters. The number of methoxy groups -OCH3 is 1. The molecule has 116 valence electrons. The Morgan fingerprint density at radius 2 is 2.14 bits per heavy atom. The van der Waals surface area contributed by atoms with Gasteiger partial charge in [0.15, 0.2) is 0 Å². The largest absolute Gasteiger partial charge is 0.465 e. The molecule has 2 rings (SSSR count). The van der Waals surface area contributed by atoms with Gasteiger partial charge in [-0.1, -0.05) is 26.2 Å². The van der Waals surface area contributed by atoms with Gasteiger partial charge in [-0.3, -0.25) is 0 Å². The Hall–Kier alpha value is -1.58. The number of benzene rings is 1. The minimum absolute atomic E-state index is 0.0115. The van der Waals surface area contributed by atoms with E-state index >= 15 is 0 Å². The van der Waals surface area contributed by atoms with E-state index < -0.39 is 11.8 Å². The van der Waals surface area contributed by atoms with Crippen molar-refractivity contribution < 1.29 is 13.9 Å². The van der Waals surface area contributed by atoms with Crippen molar-refractivity contribution in [2.45, 2.75) is 51.5 Å².